The fraction of sp³-hybridized carbons (Fsp3) is 0.690. The number of halogens is 6. The van der Waals surface area contributed by atoms with Crippen molar-refractivity contribution in [2.45, 2.75) is 122 Å². The van der Waals surface area contributed by atoms with E-state index in [2.05, 4.69) is 37.9 Å². The van der Waals surface area contributed by atoms with E-state index in [1.807, 2.05) is 62.7 Å². The number of piperidine rings is 2. The van der Waals surface area contributed by atoms with Crippen molar-refractivity contribution >= 4 is 91.3 Å². The van der Waals surface area contributed by atoms with Gasteiger partial charge in [0.15, 0.2) is 0 Å². The highest BCUT2D eigenvalue weighted by atomic mass is 127. The number of carbonyl (C=O) groups excluding carboxylic acids is 3. The van der Waals surface area contributed by atoms with E-state index >= 15 is 0 Å². The van der Waals surface area contributed by atoms with Crippen molar-refractivity contribution in [3.05, 3.63) is 21.8 Å². The molecule has 0 bridgehead atoms. The summed E-state index contributed by atoms with van der Waals surface area (Å²) in [4.78, 5) is 41.8. The molecule has 0 spiro atoms. The molecule has 1 amide bonds. The summed E-state index contributed by atoms with van der Waals surface area (Å²) in [6.07, 6.45) is -4.08. The maximum atomic E-state index is 13.8. The first-order chi connectivity index (χ1) is 19.3. The first-order valence-electron chi connectivity index (χ1n) is 13.8. The Hall–Kier alpha value is -0.470. The highest BCUT2D eigenvalue weighted by Crippen LogP contribution is 2.41. The third kappa shape index (κ3) is 8.47. The number of carbonyl (C=O) groups is 3. The molecule has 8 nitrogen and oxygen atoms in total. The van der Waals surface area contributed by atoms with E-state index in [4.69, 9.17) is 9.47 Å². The quantitative estimate of drug-likeness (QED) is 0.237. The summed E-state index contributed by atoms with van der Waals surface area (Å²) in [5, 5.41) is 5.40. The normalized spacial score (nSPS) is 22.1. The summed E-state index contributed by atoms with van der Waals surface area (Å²) in [5.74, 6) is -3.79. The molecule has 0 unspecified atom stereocenters. The number of nitrogens with zero attached hydrogens (tertiary/aromatic N) is 1. The van der Waals surface area contributed by atoms with Crippen molar-refractivity contribution in [3.8, 4) is 0 Å². The SMILES string of the molecule is CN1C(C)(C)CC(OC(=O)c2c(I)c(NC(=O)C(F)(F)F)c(I)c(C(=O)OC3CC(C)(C)NC(C)(C)C3)c2I)CC1(C)C. The van der Waals surface area contributed by atoms with E-state index in [0.29, 0.717) is 25.7 Å². The van der Waals surface area contributed by atoms with Crippen LogP contribution < -0.4 is 10.6 Å². The third-order valence-corrected chi connectivity index (χ3v) is 11.4. The Kier molecular flexibility index (Phi) is 10.9. The zero-order chi connectivity index (χ0) is 33.1. The summed E-state index contributed by atoms with van der Waals surface area (Å²) in [6.45, 7) is 16.2. The molecule has 1 aromatic rings. The maximum absolute atomic E-state index is 13.8. The second-order valence-corrected chi connectivity index (χ2v) is 17.2. The molecule has 14 heteroatoms. The van der Waals surface area contributed by atoms with Gasteiger partial charge in [-0.25, -0.2) is 9.59 Å². The molecule has 3 rings (SSSR count). The summed E-state index contributed by atoms with van der Waals surface area (Å²) >= 11 is 5.29. The first kappa shape index (κ1) is 37.0. The first-order valence-corrected chi connectivity index (χ1v) is 17.1. The number of hydrogen-bond acceptors (Lipinski definition) is 7. The van der Waals surface area contributed by atoms with E-state index in [9.17, 15) is 27.6 Å². The van der Waals surface area contributed by atoms with Crippen LogP contribution in [0.25, 0.3) is 0 Å². The minimum atomic E-state index is -5.19. The van der Waals surface area contributed by atoms with Gasteiger partial charge in [0.2, 0.25) is 0 Å². The van der Waals surface area contributed by atoms with Gasteiger partial charge >= 0.3 is 24.0 Å². The number of alkyl halides is 3. The number of rotatable bonds is 5. The molecule has 43 heavy (non-hydrogen) atoms. The molecule has 0 atom stereocenters. The largest absolute Gasteiger partial charge is 0.471 e. The van der Waals surface area contributed by atoms with E-state index in [0.717, 1.165) is 0 Å². The maximum Gasteiger partial charge on any atom is 0.471 e. The highest BCUT2D eigenvalue weighted by molar-refractivity contribution is 14.1. The molecule has 0 saturated carbocycles. The number of anilines is 1. The van der Waals surface area contributed by atoms with Gasteiger partial charge in [-0.15, -0.1) is 0 Å². The van der Waals surface area contributed by atoms with Crippen LogP contribution in [-0.4, -0.2) is 70.3 Å². The summed E-state index contributed by atoms with van der Waals surface area (Å²) in [5.41, 5.74) is -1.74. The third-order valence-electron chi connectivity index (χ3n) is 8.19. The van der Waals surface area contributed by atoms with Crippen LogP contribution in [0, 0.1) is 10.7 Å². The standard InChI is InChI=1S/C29H39F3I3N3O5/c1-25(2)10-14(11-26(3,4)37-25)42-22(39)16-18(33)17(20(35)21(19(16)34)36-24(41)29(30,31)32)23(40)43-15-12-27(5,6)38(9)28(7,8)13-15/h14-15,37H,10-13H2,1-9H3,(H,36,41). The summed E-state index contributed by atoms with van der Waals surface area (Å²) in [6, 6.07) is 0. The average molecular weight is 947 g/mol. The summed E-state index contributed by atoms with van der Waals surface area (Å²) < 4.78 is 52.2. The Morgan fingerprint density at radius 1 is 0.767 bits per heavy atom. The number of nitrogens with one attached hydrogen (secondary N) is 2. The Labute approximate surface area is 292 Å². The van der Waals surface area contributed by atoms with Crippen molar-refractivity contribution in [3.63, 3.8) is 0 Å². The zero-order valence-corrected chi connectivity index (χ0v) is 32.2. The lowest BCUT2D eigenvalue weighted by Crippen LogP contribution is -2.60. The molecule has 242 valence electrons. The Morgan fingerprint density at radius 2 is 1.14 bits per heavy atom. The molecule has 2 aliphatic rings. The molecule has 2 heterocycles. The number of benzene rings is 1. The molecule has 0 radical (unpaired) electrons. The molecular formula is C29H39F3I3N3O5. The van der Waals surface area contributed by atoms with Gasteiger partial charge in [-0.3, -0.25) is 9.69 Å². The van der Waals surface area contributed by atoms with Crippen molar-refractivity contribution in [1.82, 2.24) is 10.2 Å². The topological polar surface area (TPSA) is 97.0 Å². The minimum absolute atomic E-state index is 0.0413. The van der Waals surface area contributed by atoms with Crippen LogP contribution in [0.3, 0.4) is 0 Å². The Morgan fingerprint density at radius 3 is 1.51 bits per heavy atom. The van der Waals surface area contributed by atoms with Gasteiger partial charge in [-0.05, 0) is 130 Å². The summed E-state index contributed by atoms with van der Waals surface area (Å²) in [7, 11) is 2.02. The lowest BCUT2D eigenvalue weighted by Gasteiger charge is -2.53. The van der Waals surface area contributed by atoms with Crippen molar-refractivity contribution < 1.29 is 37.0 Å². The number of esters is 2. The Bertz CT molecular complexity index is 1280. The van der Waals surface area contributed by atoms with Crippen LogP contribution >= 0.6 is 67.8 Å². The van der Waals surface area contributed by atoms with Crippen LogP contribution in [0.15, 0.2) is 0 Å². The van der Waals surface area contributed by atoms with Gasteiger partial charge in [0.25, 0.3) is 0 Å². The number of amides is 1. The predicted molar refractivity (Wildman–Crippen MR) is 183 cm³/mol. The van der Waals surface area contributed by atoms with Crippen molar-refractivity contribution in [2.24, 2.45) is 0 Å². The molecular weight excluding hydrogens is 908 g/mol. The van der Waals surface area contributed by atoms with Crippen LogP contribution in [0.2, 0.25) is 0 Å². The molecule has 2 fully saturated rings. The average Bonchev–Trinajstić information content (AvgIpc) is 2.76. The van der Waals surface area contributed by atoms with Gasteiger partial charge in [0.1, 0.15) is 12.2 Å². The molecule has 1 aromatic carbocycles. The fourth-order valence-electron chi connectivity index (χ4n) is 6.41. The number of likely N-dealkylation sites (tertiary alicyclic amines) is 1. The van der Waals surface area contributed by atoms with Gasteiger partial charge in [-0.2, -0.15) is 13.2 Å². The zero-order valence-electron chi connectivity index (χ0n) is 25.7. The second-order valence-electron chi connectivity index (χ2n) is 14.0. The van der Waals surface area contributed by atoms with Crippen LogP contribution in [0.4, 0.5) is 18.9 Å². The molecule has 2 aliphatic heterocycles. The highest BCUT2D eigenvalue weighted by Gasteiger charge is 2.46. The van der Waals surface area contributed by atoms with Gasteiger partial charge in [0, 0.05) is 51.4 Å². The van der Waals surface area contributed by atoms with Crippen LogP contribution in [-0.2, 0) is 14.3 Å². The predicted octanol–water partition coefficient (Wildman–Crippen LogP) is 7.28. The van der Waals surface area contributed by atoms with Crippen molar-refractivity contribution in [1.29, 1.82) is 0 Å². The van der Waals surface area contributed by atoms with Crippen molar-refractivity contribution in [2.75, 3.05) is 12.4 Å². The van der Waals surface area contributed by atoms with E-state index in [-0.39, 0.29) is 49.7 Å². The fourth-order valence-corrected chi connectivity index (χ4v) is 10.7. The number of hydrogen-bond donors (Lipinski definition) is 2. The van der Waals surface area contributed by atoms with E-state index in [1.165, 1.54) is 0 Å². The molecule has 0 aliphatic carbocycles. The lowest BCUT2D eigenvalue weighted by molar-refractivity contribution is -0.167. The Balaban J connectivity index is 2.07. The van der Waals surface area contributed by atoms with E-state index in [1.54, 1.807) is 45.2 Å². The lowest BCUT2D eigenvalue weighted by atomic mass is 9.79. The van der Waals surface area contributed by atoms with Gasteiger partial charge in [0.05, 0.1) is 24.0 Å². The van der Waals surface area contributed by atoms with E-state index < -0.39 is 36.2 Å². The minimum Gasteiger partial charge on any atom is -0.459 e. The second kappa shape index (κ2) is 12.6. The molecule has 2 N–H and O–H groups in total. The molecule has 2 saturated heterocycles. The van der Waals surface area contributed by atoms with Crippen LogP contribution in [0.1, 0.15) is 102 Å². The molecule has 0 aromatic heterocycles. The number of ether oxygens (including phenoxy) is 2. The van der Waals surface area contributed by atoms with Gasteiger partial charge in [-0.1, -0.05) is 0 Å². The monoisotopic (exact) mass is 947 g/mol. The van der Waals surface area contributed by atoms with Crippen LogP contribution in [0.5, 0.6) is 0 Å². The smallest absolute Gasteiger partial charge is 0.459 e. The van der Waals surface area contributed by atoms with Gasteiger partial charge < -0.3 is 20.1 Å².